The Bertz CT molecular complexity index is 629. The van der Waals surface area contributed by atoms with Gasteiger partial charge in [-0.05, 0) is 24.1 Å². The van der Waals surface area contributed by atoms with E-state index in [1.165, 1.54) is 7.11 Å². The van der Waals surface area contributed by atoms with Gasteiger partial charge in [-0.15, -0.1) is 0 Å². The van der Waals surface area contributed by atoms with Crippen LogP contribution in [0.3, 0.4) is 0 Å². The highest BCUT2D eigenvalue weighted by molar-refractivity contribution is 5.89. The second-order valence-electron chi connectivity index (χ2n) is 3.93. The number of hydrogen-bond acceptors (Lipinski definition) is 3. The van der Waals surface area contributed by atoms with Crippen LogP contribution >= 0.6 is 0 Å². The zero-order valence-electron chi connectivity index (χ0n) is 10.2. The van der Waals surface area contributed by atoms with E-state index in [9.17, 15) is 9.59 Å². The number of ether oxygens (including phenoxy) is 1. The van der Waals surface area contributed by atoms with Gasteiger partial charge in [0.25, 0.3) is 5.56 Å². The molecule has 0 unspecified atom stereocenters. The molecule has 0 atom stereocenters. The largest absolute Gasteiger partial charge is 0.465 e. The Balaban J connectivity index is 2.57. The lowest BCUT2D eigenvalue weighted by atomic mass is 10.1. The van der Waals surface area contributed by atoms with Crippen LogP contribution in [0.1, 0.15) is 15.9 Å². The zero-order chi connectivity index (χ0) is 13.1. The van der Waals surface area contributed by atoms with Crippen LogP contribution in [0.15, 0.2) is 41.2 Å². The van der Waals surface area contributed by atoms with Gasteiger partial charge in [-0.25, -0.2) is 4.79 Å². The molecule has 0 radical (unpaired) electrons. The predicted molar refractivity (Wildman–Crippen MR) is 68.6 cm³/mol. The van der Waals surface area contributed by atoms with E-state index < -0.39 is 11.5 Å². The van der Waals surface area contributed by atoms with Crippen LogP contribution in [0, 0.1) is 6.92 Å². The molecule has 1 aromatic heterocycles. The minimum Gasteiger partial charge on any atom is -0.465 e. The molecule has 0 aliphatic carbocycles. The Kier molecular flexibility index (Phi) is 3.28. The van der Waals surface area contributed by atoms with Crippen molar-refractivity contribution in [3.63, 3.8) is 0 Å². The van der Waals surface area contributed by atoms with Crippen molar-refractivity contribution in [3.05, 3.63) is 57.9 Å². The third-order valence-corrected chi connectivity index (χ3v) is 2.71. The Labute approximate surface area is 104 Å². The van der Waals surface area contributed by atoms with E-state index in [4.69, 9.17) is 0 Å². The predicted octanol–water partition coefficient (Wildman–Crippen LogP) is 2.14. The molecule has 4 nitrogen and oxygen atoms in total. The number of pyridine rings is 1. The fourth-order valence-electron chi connectivity index (χ4n) is 1.80. The zero-order valence-corrected chi connectivity index (χ0v) is 10.2. The molecule has 2 rings (SSSR count). The fraction of sp³-hybridized carbons (Fsp3) is 0.143. The molecule has 0 bridgehead atoms. The van der Waals surface area contributed by atoms with Gasteiger partial charge in [-0.2, -0.15) is 0 Å². The molecule has 18 heavy (non-hydrogen) atoms. The van der Waals surface area contributed by atoms with Gasteiger partial charge in [0.2, 0.25) is 0 Å². The smallest absolute Gasteiger partial charge is 0.343 e. The minimum atomic E-state index is -0.626. The number of carbonyl (C=O) groups excluding carboxylic acids is 1. The molecule has 2 aromatic rings. The number of nitrogens with one attached hydrogen (secondary N) is 1. The molecule has 0 saturated heterocycles. The summed E-state index contributed by atoms with van der Waals surface area (Å²) in [5.41, 5.74) is 2.03. The first-order valence-corrected chi connectivity index (χ1v) is 5.51. The van der Waals surface area contributed by atoms with Crippen molar-refractivity contribution in [2.24, 2.45) is 0 Å². The highest BCUT2D eigenvalue weighted by atomic mass is 16.5. The third kappa shape index (κ3) is 2.18. The van der Waals surface area contributed by atoms with Crippen molar-refractivity contribution < 1.29 is 9.53 Å². The summed E-state index contributed by atoms with van der Waals surface area (Å²) >= 11 is 0. The number of benzene rings is 1. The first-order valence-electron chi connectivity index (χ1n) is 5.51. The quantitative estimate of drug-likeness (QED) is 0.822. The molecule has 4 heteroatoms. The van der Waals surface area contributed by atoms with E-state index in [0.717, 1.165) is 11.1 Å². The van der Waals surface area contributed by atoms with Crippen LogP contribution in [-0.4, -0.2) is 18.1 Å². The van der Waals surface area contributed by atoms with Gasteiger partial charge >= 0.3 is 5.97 Å². The van der Waals surface area contributed by atoms with Gasteiger partial charge in [-0.3, -0.25) is 4.79 Å². The van der Waals surface area contributed by atoms with Crippen molar-refractivity contribution in [1.29, 1.82) is 0 Å². The maximum Gasteiger partial charge on any atom is 0.343 e. The topological polar surface area (TPSA) is 59.2 Å². The SMILES string of the molecule is COC(=O)c1cc(C)c(-c2ccccc2)[nH]c1=O. The summed E-state index contributed by atoms with van der Waals surface area (Å²) in [5.74, 6) is -0.626. The van der Waals surface area contributed by atoms with Crippen LogP contribution < -0.4 is 5.56 Å². The van der Waals surface area contributed by atoms with Gasteiger partial charge in [0, 0.05) is 0 Å². The van der Waals surface area contributed by atoms with E-state index >= 15 is 0 Å². The Hall–Kier alpha value is -2.36. The number of rotatable bonds is 2. The van der Waals surface area contributed by atoms with Crippen LogP contribution in [0.25, 0.3) is 11.3 Å². The van der Waals surface area contributed by atoms with E-state index in [2.05, 4.69) is 9.72 Å². The summed E-state index contributed by atoms with van der Waals surface area (Å²) in [4.78, 5) is 25.9. The van der Waals surface area contributed by atoms with E-state index in [-0.39, 0.29) is 5.56 Å². The summed E-state index contributed by atoms with van der Waals surface area (Å²) < 4.78 is 4.56. The summed E-state index contributed by atoms with van der Waals surface area (Å²) in [6.45, 7) is 1.84. The molecule has 0 amide bonds. The maximum absolute atomic E-state index is 11.8. The monoisotopic (exact) mass is 243 g/mol. The molecule has 0 aliphatic rings. The summed E-state index contributed by atoms with van der Waals surface area (Å²) in [5, 5.41) is 0. The van der Waals surface area contributed by atoms with Gasteiger partial charge in [-0.1, -0.05) is 30.3 Å². The molecular weight excluding hydrogens is 230 g/mol. The van der Waals surface area contributed by atoms with Crippen LogP contribution in [0.2, 0.25) is 0 Å². The third-order valence-electron chi connectivity index (χ3n) is 2.71. The van der Waals surface area contributed by atoms with Gasteiger partial charge in [0.1, 0.15) is 5.56 Å². The second kappa shape index (κ2) is 4.87. The molecule has 92 valence electrons. The molecular formula is C14H13NO3. The maximum atomic E-state index is 11.8. The van der Waals surface area contributed by atoms with Crippen molar-refractivity contribution >= 4 is 5.97 Å². The van der Waals surface area contributed by atoms with Crippen molar-refractivity contribution in [3.8, 4) is 11.3 Å². The minimum absolute atomic E-state index is 0.0229. The van der Waals surface area contributed by atoms with Gasteiger partial charge < -0.3 is 9.72 Å². The van der Waals surface area contributed by atoms with Crippen molar-refractivity contribution in [1.82, 2.24) is 4.98 Å². The Morgan fingerprint density at radius 3 is 2.50 bits per heavy atom. The lowest BCUT2D eigenvalue weighted by Gasteiger charge is -2.07. The number of H-pyrrole nitrogens is 1. The molecule has 1 heterocycles. The lowest BCUT2D eigenvalue weighted by molar-refractivity contribution is 0.0598. The molecule has 1 N–H and O–H groups in total. The standard InChI is InChI=1S/C14H13NO3/c1-9-8-11(14(17)18-2)13(16)15-12(9)10-6-4-3-5-7-10/h3-8H,1-2H3,(H,15,16). The van der Waals surface area contributed by atoms with Crippen molar-refractivity contribution in [2.45, 2.75) is 6.92 Å². The average Bonchev–Trinajstić information content (AvgIpc) is 2.41. The first-order chi connectivity index (χ1) is 8.63. The van der Waals surface area contributed by atoms with E-state index in [0.29, 0.717) is 5.69 Å². The second-order valence-corrected chi connectivity index (χ2v) is 3.93. The number of esters is 1. The highest BCUT2D eigenvalue weighted by Crippen LogP contribution is 2.19. The van der Waals surface area contributed by atoms with Crippen molar-refractivity contribution in [2.75, 3.05) is 7.11 Å². The number of carbonyl (C=O) groups is 1. The summed E-state index contributed by atoms with van der Waals surface area (Å²) in [6.07, 6.45) is 0. The molecule has 0 fully saturated rings. The highest BCUT2D eigenvalue weighted by Gasteiger charge is 2.13. The van der Waals surface area contributed by atoms with Crippen LogP contribution in [-0.2, 0) is 4.74 Å². The number of aromatic nitrogens is 1. The number of hydrogen-bond donors (Lipinski definition) is 1. The number of methoxy groups -OCH3 is 1. The molecule has 0 saturated carbocycles. The van der Waals surface area contributed by atoms with E-state index in [1.807, 2.05) is 37.3 Å². The van der Waals surface area contributed by atoms with E-state index in [1.54, 1.807) is 6.07 Å². The normalized spacial score (nSPS) is 10.1. The molecule has 0 spiro atoms. The van der Waals surface area contributed by atoms with Gasteiger partial charge in [0.15, 0.2) is 0 Å². The lowest BCUT2D eigenvalue weighted by Crippen LogP contribution is -2.19. The Morgan fingerprint density at radius 2 is 1.89 bits per heavy atom. The number of aryl methyl sites for hydroxylation is 1. The Morgan fingerprint density at radius 1 is 1.22 bits per heavy atom. The summed E-state index contributed by atoms with van der Waals surface area (Å²) in [6, 6.07) is 11.0. The average molecular weight is 243 g/mol. The fourth-order valence-corrected chi connectivity index (χ4v) is 1.80. The van der Waals surface area contributed by atoms with Crippen LogP contribution in [0.4, 0.5) is 0 Å². The van der Waals surface area contributed by atoms with Gasteiger partial charge in [0.05, 0.1) is 12.8 Å². The first kappa shape index (κ1) is 12.1. The molecule has 1 aromatic carbocycles. The van der Waals surface area contributed by atoms with Crippen LogP contribution in [0.5, 0.6) is 0 Å². The molecule has 0 aliphatic heterocycles. The number of aromatic amines is 1. The summed E-state index contributed by atoms with van der Waals surface area (Å²) in [7, 11) is 1.25.